The molecule has 0 saturated carbocycles. The molecule has 0 aliphatic heterocycles. The number of allylic oxidation sites excluding steroid dienone is 1. The normalized spacial score (nSPS) is 11.0. The number of hydrogen-bond acceptors (Lipinski definition) is 6. The third-order valence-electron chi connectivity index (χ3n) is 4.91. The van der Waals surface area contributed by atoms with Crippen LogP contribution in [0.25, 0.3) is 11.4 Å². The first kappa shape index (κ1) is 23.3. The molecule has 1 aromatic heterocycles. The number of benzene rings is 3. The standard InChI is InChI=1S/C26H25N5O2S/c1-2-3-4-9-18-33-20-16-14-19(15-17-20)26(32)27-22-11-6-8-13-24(22)34-23-12-7-5-10-21(23)25-28-30-31-29-25/h4-17H,2-3,18H2,1H3,(H,27,32)(H,28,29,30,31). The van der Waals surface area contributed by atoms with Gasteiger partial charge in [0.15, 0.2) is 0 Å². The van der Waals surface area contributed by atoms with Crippen molar-refractivity contribution in [2.75, 3.05) is 11.9 Å². The summed E-state index contributed by atoms with van der Waals surface area (Å²) in [5, 5.41) is 17.4. The molecule has 0 unspecified atom stereocenters. The molecule has 7 nitrogen and oxygen atoms in total. The monoisotopic (exact) mass is 471 g/mol. The molecule has 0 bridgehead atoms. The molecular weight excluding hydrogens is 446 g/mol. The molecule has 172 valence electrons. The van der Waals surface area contributed by atoms with Gasteiger partial charge in [-0.05, 0) is 60.2 Å². The lowest BCUT2D eigenvalue weighted by molar-refractivity contribution is 0.102. The summed E-state index contributed by atoms with van der Waals surface area (Å²) in [4.78, 5) is 14.8. The third-order valence-corrected chi connectivity index (χ3v) is 6.07. The van der Waals surface area contributed by atoms with E-state index >= 15 is 0 Å². The van der Waals surface area contributed by atoms with Gasteiger partial charge in [0.2, 0.25) is 5.82 Å². The zero-order valence-corrected chi connectivity index (χ0v) is 19.6. The Hall–Kier alpha value is -3.91. The Balaban J connectivity index is 1.44. The number of aromatic nitrogens is 4. The minimum Gasteiger partial charge on any atom is -0.490 e. The molecule has 0 radical (unpaired) electrons. The average molecular weight is 472 g/mol. The molecule has 0 saturated heterocycles. The number of anilines is 1. The fourth-order valence-corrected chi connectivity index (χ4v) is 4.22. The molecule has 0 fully saturated rings. The van der Waals surface area contributed by atoms with Gasteiger partial charge < -0.3 is 10.1 Å². The number of para-hydroxylation sites is 1. The number of rotatable bonds is 10. The second-order valence-corrected chi connectivity index (χ2v) is 8.46. The van der Waals surface area contributed by atoms with Crippen molar-refractivity contribution in [3.05, 3.63) is 90.5 Å². The number of H-pyrrole nitrogens is 1. The van der Waals surface area contributed by atoms with Crippen molar-refractivity contribution in [2.24, 2.45) is 0 Å². The Morgan fingerprint density at radius 1 is 1.00 bits per heavy atom. The molecule has 4 rings (SSSR count). The lowest BCUT2D eigenvalue weighted by Gasteiger charge is -2.12. The number of hydrogen-bond donors (Lipinski definition) is 2. The van der Waals surface area contributed by atoms with Crippen molar-refractivity contribution in [1.29, 1.82) is 0 Å². The molecule has 0 aliphatic carbocycles. The van der Waals surface area contributed by atoms with Crippen LogP contribution in [-0.4, -0.2) is 33.1 Å². The van der Waals surface area contributed by atoms with Gasteiger partial charge in [-0.3, -0.25) is 4.79 Å². The van der Waals surface area contributed by atoms with Gasteiger partial charge in [0.25, 0.3) is 5.91 Å². The quantitative estimate of drug-likeness (QED) is 0.275. The number of carbonyl (C=O) groups is 1. The molecule has 3 aromatic carbocycles. The summed E-state index contributed by atoms with van der Waals surface area (Å²) >= 11 is 1.53. The SMILES string of the molecule is CCCC=CCOc1ccc(C(=O)Nc2ccccc2Sc2ccccc2-c2nn[nH]n2)cc1. The van der Waals surface area contributed by atoms with Crippen LogP contribution in [-0.2, 0) is 0 Å². The number of ether oxygens (including phenoxy) is 1. The van der Waals surface area contributed by atoms with E-state index in [1.807, 2.05) is 66.7 Å². The van der Waals surface area contributed by atoms with E-state index in [9.17, 15) is 4.79 Å². The van der Waals surface area contributed by atoms with Gasteiger partial charge >= 0.3 is 0 Å². The maximum atomic E-state index is 12.9. The van der Waals surface area contributed by atoms with E-state index < -0.39 is 0 Å². The van der Waals surface area contributed by atoms with Crippen LogP contribution in [0.2, 0.25) is 0 Å². The van der Waals surface area contributed by atoms with Gasteiger partial charge in [-0.15, -0.1) is 10.2 Å². The second kappa shape index (κ2) is 11.8. The number of unbranched alkanes of at least 4 members (excludes halogenated alkanes) is 1. The van der Waals surface area contributed by atoms with Crippen LogP contribution in [0.15, 0.2) is 94.7 Å². The van der Waals surface area contributed by atoms with Crippen molar-refractivity contribution in [1.82, 2.24) is 20.6 Å². The predicted molar refractivity (Wildman–Crippen MR) is 134 cm³/mol. The minimum atomic E-state index is -0.186. The Bertz CT molecular complexity index is 1240. The Labute approximate surface area is 202 Å². The highest BCUT2D eigenvalue weighted by Gasteiger charge is 2.14. The van der Waals surface area contributed by atoms with Gasteiger partial charge in [0.1, 0.15) is 12.4 Å². The van der Waals surface area contributed by atoms with Crippen LogP contribution in [0, 0.1) is 0 Å². The van der Waals surface area contributed by atoms with Crippen molar-refractivity contribution < 1.29 is 9.53 Å². The van der Waals surface area contributed by atoms with Crippen LogP contribution in [0.3, 0.4) is 0 Å². The summed E-state index contributed by atoms with van der Waals surface area (Å²) in [5.74, 6) is 1.06. The number of amides is 1. The average Bonchev–Trinajstić information content (AvgIpc) is 3.41. The van der Waals surface area contributed by atoms with Crippen molar-refractivity contribution in [2.45, 2.75) is 29.6 Å². The van der Waals surface area contributed by atoms with Crippen LogP contribution in [0.5, 0.6) is 5.75 Å². The fourth-order valence-electron chi connectivity index (χ4n) is 3.19. The number of nitrogens with one attached hydrogen (secondary N) is 2. The van der Waals surface area contributed by atoms with E-state index in [-0.39, 0.29) is 5.91 Å². The summed E-state index contributed by atoms with van der Waals surface area (Å²) in [5.41, 5.74) is 2.14. The van der Waals surface area contributed by atoms with Crippen molar-refractivity contribution in [3.8, 4) is 17.1 Å². The highest BCUT2D eigenvalue weighted by Crippen LogP contribution is 2.38. The molecule has 34 heavy (non-hydrogen) atoms. The maximum absolute atomic E-state index is 12.9. The van der Waals surface area contributed by atoms with E-state index in [0.29, 0.717) is 18.0 Å². The zero-order chi connectivity index (χ0) is 23.6. The van der Waals surface area contributed by atoms with Crippen molar-refractivity contribution >= 4 is 23.4 Å². The topological polar surface area (TPSA) is 92.8 Å². The van der Waals surface area contributed by atoms with E-state index in [1.54, 1.807) is 12.1 Å². The summed E-state index contributed by atoms with van der Waals surface area (Å²) in [6, 6.07) is 22.7. The molecule has 4 aromatic rings. The first-order chi connectivity index (χ1) is 16.7. The molecule has 1 amide bonds. The van der Waals surface area contributed by atoms with Crippen LogP contribution in [0.1, 0.15) is 30.1 Å². The molecule has 0 aliphatic rings. The zero-order valence-electron chi connectivity index (χ0n) is 18.8. The lowest BCUT2D eigenvalue weighted by atomic mass is 10.2. The Kier molecular flexibility index (Phi) is 8.08. The van der Waals surface area contributed by atoms with Gasteiger partial charge in [0.05, 0.1) is 5.69 Å². The molecule has 0 atom stereocenters. The van der Waals surface area contributed by atoms with Crippen molar-refractivity contribution in [3.63, 3.8) is 0 Å². The predicted octanol–water partition coefficient (Wildman–Crippen LogP) is 6.01. The smallest absolute Gasteiger partial charge is 0.255 e. The maximum Gasteiger partial charge on any atom is 0.255 e. The molecule has 1 heterocycles. The van der Waals surface area contributed by atoms with Gasteiger partial charge in [0, 0.05) is 20.9 Å². The van der Waals surface area contributed by atoms with Crippen LogP contribution in [0.4, 0.5) is 5.69 Å². The molecular formula is C26H25N5O2S. The summed E-state index contributed by atoms with van der Waals surface area (Å²) < 4.78 is 5.69. The number of aromatic amines is 1. The summed E-state index contributed by atoms with van der Waals surface area (Å²) in [6.07, 6.45) is 6.28. The van der Waals surface area contributed by atoms with Crippen LogP contribution < -0.4 is 10.1 Å². The van der Waals surface area contributed by atoms with Gasteiger partial charge in [-0.2, -0.15) is 5.21 Å². The fraction of sp³-hybridized carbons (Fsp3) is 0.154. The minimum absolute atomic E-state index is 0.186. The largest absolute Gasteiger partial charge is 0.490 e. The molecule has 0 spiro atoms. The van der Waals surface area contributed by atoms with E-state index in [2.05, 4.69) is 38.9 Å². The highest BCUT2D eigenvalue weighted by atomic mass is 32.2. The van der Waals surface area contributed by atoms with Gasteiger partial charge in [-0.1, -0.05) is 61.5 Å². The van der Waals surface area contributed by atoms with E-state index in [4.69, 9.17) is 4.74 Å². The summed E-state index contributed by atoms with van der Waals surface area (Å²) in [7, 11) is 0. The lowest BCUT2D eigenvalue weighted by Crippen LogP contribution is -2.12. The first-order valence-corrected chi connectivity index (χ1v) is 11.8. The molecule has 8 heteroatoms. The second-order valence-electron chi connectivity index (χ2n) is 7.38. The highest BCUT2D eigenvalue weighted by molar-refractivity contribution is 7.99. The van der Waals surface area contributed by atoms with E-state index in [0.717, 1.165) is 39.6 Å². The first-order valence-electron chi connectivity index (χ1n) is 11.0. The van der Waals surface area contributed by atoms with Gasteiger partial charge in [-0.25, -0.2) is 0 Å². The van der Waals surface area contributed by atoms with Crippen LogP contribution >= 0.6 is 11.8 Å². The Morgan fingerprint density at radius 3 is 2.53 bits per heavy atom. The molecule has 2 N–H and O–H groups in total. The van der Waals surface area contributed by atoms with E-state index in [1.165, 1.54) is 11.8 Å². The Morgan fingerprint density at radius 2 is 1.76 bits per heavy atom. The third kappa shape index (κ3) is 6.11. The summed E-state index contributed by atoms with van der Waals surface area (Å²) in [6.45, 7) is 2.66. The number of nitrogens with zero attached hydrogens (tertiary/aromatic N) is 3. The number of tetrazole rings is 1. The number of carbonyl (C=O) groups excluding carboxylic acids is 1.